The zero-order valence-electron chi connectivity index (χ0n) is 6.08. The van der Waals surface area contributed by atoms with Gasteiger partial charge in [0.05, 0.1) is 0 Å². The maximum Gasteiger partial charge on any atom is 0.319 e. The monoisotopic (exact) mass is 160 g/mol. The molecular formula is C6H12N2OS. The fraction of sp³-hybridized carbons (Fsp3) is 0.833. The Hall–Kier alpha value is -0.380. The summed E-state index contributed by atoms with van der Waals surface area (Å²) in [5, 5.41) is 0. The molecule has 10 heavy (non-hydrogen) atoms. The van der Waals surface area contributed by atoms with E-state index >= 15 is 0 Å². The van der Waals surface area contributed by atoms with E-state index in [1.807, 2.05) is 11.9 Å². The normalized spacial score (nSPS) is 18.8. The standard InChI is InChI=1S/C6H12N2OS/c1-7-2-3-8(4-5-10)6(7)9/h10H,2-5H2,1H3. The zero-order chi connectivity index (χ0) is 7.56. The molecule has 0 radical (unpaired) electrons. The van der Waals surface area contributed by atoms with Crippen molar-refractivity contribution in [1.29, 1.82) is 0 Å². The highest BCUT2D eigenvalue weighted by Gasteiger charge is 2.23. The number of amides is 2. The fourth-order valence-corrected chi connectivity index (χ4v) is 1.27. The summed E-state index contributed by atoms with van der Waals surface area (Å²) in [5.41, 5.74) is 0. The van der Waals surface area contributed by atoms with Gasteiger partial charge in [0.1, 0.15) is 0 Å². The van der Waals surface area contributed by atoms with E-state index in [0.717, 1.165) is 25.4 Å². The summed E-state index contributed by atoms with van der Waals surface area (Å²) in [6.07, 6.45) is 0. The van der Waals surface area contributed by atoms with Crippen molar-refractivity contribution in [1.82, 2.24) is 9.80 Å². The van der Waals surface area contributed by atoms with Crippen LogP contribution >= 0.6 is 12.6 Å². The van der Waals surface area contributed by atoms with Crippen molar-refractivity contribution in [2.45, 2.75) is 0 Å². The van der Waals surface area contributed by atoms with Crippen molar-refractivity contribution in [3.05, 3.63) is 0 Å². The number of hydrogen-bond acceptors (Lipinski definition) is 2. The van der Waals surface area contributed by atoms with E-state index in [4.69, 9.17) is 0 Å². The molecule has 4 heteroatoms. The highest BCUT2D eigenvalue weighted by atomic mass is 32.1. The predicted molar refractivity (Wildman–Crippen MR) is 43.5 cm³/mol. The van der Waals surface area contributed by atoms with E-state index < -0.39 is 0 Å². The minimum atomic E-state index is 0.133. The Morgan fingerprint density at radius 2 is 2.30 bits per heavy atom. The van der Waals surface area contributed by atoms with Crippen LogP contribution in [0.15, 0.2) is 0 Å². The van der Waals surface area contributed by atoms with Crippen LogP contribution in [0.1, 0.15) is 0 Å². The number of carbonyl (C=O) groups excluding carboxylic acids is 1. The van der Waals surface area contributed by atoms with Crippen LogP contribution in [-0.2, 0) is 0 Å². The van der Waals surface area contributed by atoms with Crippen LogP contribution < -0.4 is 0 Å². The molecule has 0 saturated carbocycles. The van der Waals surface area contributed by atoms with E-state index in [1.165, 1.54) is 0 Å². The molecule has 0 spiro atoms. The van der Waals surface area contributed by atoms with Crippen LogP contribution in [0, 0.1) is 0 Å². The summed E-state index contributed by atoms with van der Waals surface area (Å²) in [7, 11) is 1.82. The molecule has 0 aromatic carbocycles. The summed E-state index contributed by atoms with van der Waals surface area (Å²) in [5.74, 6) is 0.750. The predicted octanol–water partition coefficient (Wildman–Crippen LogP) is 0.284. The molecule has 1 aliphatic rings. The average molecular weight is 160 g/mol. The van der Waals surface area contributed by atoms with E-state index in [-0.39, 0.29) is 6.03 Å². The van der Waals surface area contributed by atoms with Crippen LogP contribution in [0.2, 0.25) is 0 Å². The van der Waals surface area contributed by atoms with E-state index in [1.54, 1.807) is 4.90 Å². The van der Waals surface area contributed by atoms with Gasteiger partial charge in [-0.3, -0.25) is 0 Å². The van der Waals surface area contributed by atoms with Crippen molar-refractivity contribution < 1.29 is 4.79 Å². The smallest absolute Gasteiger partial charge is 0.319 e. The van der Waals surface area contributed by atoms with Gasteiger partial charge in [-0.05, 0) is 0 Å². The van der Waals surface area contributed by atoms with E-state index in [9.17, 15) is 4.79 Å². The summed E-state index contributed by atoms with van der Waals surface area (Å²) in [6.45, 7) is 2.48. The Morgan fingerprint density at radius 1 is 1.60 bits per heavy atom. The molecule has 3 nitrogen and oxygen atoms in total. The molecule has 0 aromatic rings. The maximum absolute atomic E-state index is 11.1. The van der Waals surface area contributed by atoms with Gasteiger partial charge < -0.3 is 9.80 Å². The van der Waals surface area contributed by atoms with Gasteiger partial charge in [0.2, 0.25) is 0 Å². The Labute approximate surface area is 66.4 Å². The van der Waals surface area contributed by atoms with Crippen LogP contribution in [0.3, 0.4) is 0 Å². The number of carbonyl (C=O) groups is 1. The molecule has 0 N–H and O–H groups in total. The molecule has 1 aliphatic heterocycles. The van der Waals surface area contributed by atoms with Crippen molar-refractivity contribution >= 4 is 18.7 Å². The van der Waals surface area contributed by atoms with E-state index in [2.05, 4.69) is 12.6 Å². The lowest BCUT2D eigenvalue weighted by molar-refractivity contribution is 0.201. The summed E-state index contributed by atoms with van der Waals surface area (Å²) >= 11 is 4.05. The lowest BCUT2D eigenvalue weighted by Gasteiger charge is -2.13. The third kappa shape index (κ3) is 1.37. The molecular weight excluding hydrogens is 148 g/mol. The topological polar surface area (TPSA) is 23.6 Å². The van der Waals surface area contributed by atoms with Crippen molar-refractivity contribution in [2.75, 3.05) is 32.4 Å². The third-order valence-corrected chi connectivity index (χ3v) is 1.87. The lowest BCUT2D eigenvalue weighted by Crippen LogP contribution is -2.30. The van der Waals surface area contributed by atoms with Gasteiger partial charge in [-0.25, -0.2) is 4.79 Å². The Morgan fingerprint density at radius 3 is 2.70 bits per heavy atom. The summed E-state index contributed by atoms with van der Waals surface area (Å²) < 4.78 is 0. The second-order valence-electron chi connectivity index (χ2n) is 2.41. The van der Waals surface area contributed by atoms with Crippen LogP contribution in [-0.4, -0.2) is 48.3 Å². The quantitative estimate of drug-likeness (QED) is 0.576. The second-order valence-corrected chi connectivity index (χ2v) is 2.86. The highest BCUT2D eigenvalue weighted by Crippen LogP contribution is 2.04. The number of rotatable bonds is 2. The van der Waals surface area contributed by atoms with Gasteiger partial charge in [-0.1, -0.05) is 0 Å². The van der Waals surface area contributed by atoms with Crippen LogP contribution in [0.25, 0.3) is 0 Å². The maximum atomic E-state index is 11.1. The number of likely N-dealkylation sites (N-methyl/N-ethyl adjacent to an activating group) is 1. The SMILES string of the molecule is CN1CCN(CCS)C1=O. The van der Waals surface area contributed by atoms with Crippen molar-refractivity contribution in [3.8, 4) is 0 Å². The minimum absolute atomic E-state index is 0.133. The van der Waals surface area contributed by atoms with Crippen LogP contribution in [0.4, 0.5) is 4.79 Å². The first-order chi connectivity index (χ1) is 4.75. The molecule has 0 atom stereocenters. The average Bonchev–Trinajstić information content (AvgIpc) is 2.20. The van der Waals surface area contributed by atoms with Gasteiger partial charge >= 0.3 is 6.03 Å². The zero-order valence-corrected chi connectivity index (χ0v) is 6.97. The molecule has 0 aliphatic carbocycles. The molecule has 0 unspecified atom stereocenters. The molecule has 1 heterocycles. The van der Waals surface area contributed by atoms with Gasteiger partial charge in [-0.15, -0.1) is 0 Å². The van der Waals surface area contributed by atoms with Gasteiger partial charge in [-0.2, -0.15) is 12.6 Å². The number of urea groups is 1. The molecule has 2 amide bonds. The van der Waals surface area contributed by atoms with Crippen molar-refractivity contribution in [3.63, 3.8) is 0 Å². The van der Waals surface area contributed by atoms with Crippen molar-refractivity contribution in [2.24, 2.45) is 0 Å². The number of nitrogens with zero attached hydrogens (tertiary/aromatic N) is 2. The largest absolute Gasteiger partial charge is 0.326 e. The van der Waals surface area contributed by atoms with Gasteiger partial charge in [0, 0.05) is 32.4 Å². The Bertz CT molecular complexity index is 138. The fourth-order valence-electron chi connectivity index (χ4n) is 1.03. The summed E-state index contributed by atoms with van der Waals surface area (Å²) in [6, 6.07) is 0.133. The second kappa shape index (κ2) is 3.14. The number of hydrogen-bond donors (Lipinski definition) is 1. The first-order valence-corrected chi connectivity index (χ1v) is 4.00. The van der Waals surface area contributed by atoms with Gasteiger partial charge in [0.25, 0.3) is 0 Å². The van der Waals surface area contributed by atoms with E-state index in [0.29, 0.717) is 0 Å². The molecule has 0 aromatic heterocycles. The molecule has 1 rings (SSSR count). The summed E-state index contributed by atoms with van der Waals surface area (Å²) in [4.78, 5) is 14.7. The third-order valence-electron chi connectivity index (χ3n) is 1.67. The molecule has 0 bridgehead atoms. The Balaban J connectivity index is 2.41. The first kappa shape index (κ1) is 7.72. The van der Waals surface area contributed by atoms with Gasteiger partial charge in [0.15, 0.2) is 0 Å². The Kier molecular flexibility index (Phi) is 2.43. The molecule has 1 fully saturated rings. The minimum Gasteiger partial charge on any atom is -0.326 e. The number of thiol groups is 1. The highest BCUT2D eigenvalue weighted by molar-refractivity contribution is 7.80. The molecule has 1 saturated heterocycles. The lowest BCUT2D eigenvalue weighted by atomic mass is 10.6. The molecule has 58 valence electrons. The first-order valence-electron chi connectivity index (χ1n) is 3.36. The van der Waals surface area contributed by atoms with Crippen LogP contribution in [0.5, 0.6) is 0 Å².